The molecule has 1 N–H and O–H groups in total. The second-order valence-corrected chi connectivity index (χ2v) is 6.85. The lowest BCUT2D eigenvalue weighted by Crippen LogP contribution is -2.25. The van der Waals surface area contributed by atoms with Crippen molar-refractivity contribution < 1.29 is 0 Å². The van der Waals surface area contributed by atoms with E-state index in [0.717, 1.165) is 10.4 Å². The molecule has 1 aromatic heterocycles. The lowest BCUT2D eigenvalue weighted by molar-refractivity contribution is 0.296. The molecule has 19 heavy (non-hydrogen) atoms. The number of nitrogens with one attached hydrogen (secondary N) is 1. The predicted octanol–water partition coefficient (Wildman–Crippen LogP) is 4.46. The number of hydrogen-bond acceptors (Lipinski definition) is 2. The standard InChI is InChI=1S/C15H26BrN3/c1-11(2)19-15(13(16)10-18-19)14(17-3)9-12-7-5-4-6-8-12/h10-12,14,17H,4-9H2,1-3H3. The van der Waals surface area contributed by atoms with Crippen LogP contribution in [-0.4, -0.2) is 16.8 Å². The van der Waals surface area contributed by atoms with Crippen LogP contribution in [0.3, 0.4) is 0 Å². The van der Waals surface area contributed by atoms with E-state index in [2.05, 4.69) is 51.9 Å². The second kappa shape index (κ2) is 6.89. The van der Waals surface area contributed by atoms with E-state index in [1.165, 1.54) is 44.2 Å². The predicted molar refractivity (Wildman–Crippen MR) is 83.3 cm³/mol. The largest absolute Gasteiger partial charge is 0.312 e. The van der Waals surface area contributed by atoms with Gasteiger partial charge in [-0.2, -0.15) is 5.10 Å². The summed E-state index contributed by atoms with van der Waals surface area (Å²) in [6.07, 6.45) is 10.2. The van der Waals surface area contributed by atoms with Gasteiger partial charge in [0.05, 0.1) is 22.4 Å². The zero-order valence-corrected chi connectivity index (χ0v) is 13.9. The summed E-state index contributed by atoms with van der Waals surface area (Å²) in [5, 5.41) is 8.00. The van der Waals surface area contributed by atoms with Crippen molar-refractivity contribution in [1.82, 2.24) is 15.1 Å². The Morgan fingerprint density at radius 3 is 2.63 bits per heavy atom. The Labute approximate surface area is 125 Å². The van der Waals surface area contributed by atoms with Crippen molar-refractivity contribution in [2.24, 2.45) is 5.92 Å². The summed E-state index contributed by atoms with van der Waals surface area (Å²) in [6, 6.07) is 0.811. The normalized spacial score (nSPS) is 19.0. The molecule has 1 unspecified atom stereocenters. The van der Waals surface area contributed by atoms with Crippen LogP contribution in [0.25, 0.3) is 0 Å². The first-order chi connectivity index (χ1) is 9.13. The van der Waals surface area contributed by atoms with Gasteiger partial charge in [-0.05, 0) is 49.2 Å². The second-order valence-electron chi connectivity index (χ2n) is 6.00. The van der Waals surface area contributed by atoms with Crippen molar-refractivity contribution in [2.45, 2.75) is 64.5 Å². The smallest absolute Gasteiger partial charge is 0.0698 e. The molecule has 0 aliphatic heterocycles. The van der Waals surface area contributed by atoms with Gasteiger partial charge >= 0.3 is 0 Å². The first-order valence-corrected chi connectivity index (χ1v) is 8.33. The molecule has 1 atom stereocenters. The molecule has 0 radical (unpaired) electrons. The minimum Gasteiger partial charge on any atom is -0.312 e. The van der Waals surface area contributed by atoms with Crippen LogP contribution in [0, 0.1) is 5.92 Å². The van der Waals surface area contributed by atoms with Crippen molar-refractivity contribution in [3.8, 4) is 0 Å². The van der Waals surface area contributed by atoms with Gasteiger partial charge in [0.15, 0.2) is 0 Å². The van der Waals surface area contributed by atoms with E-state index in [1.807, 2.05) is 6.20 Å². The van der Waals surface area contributed by atoms with Gasteiger partial charge in [-0.3, -0.25) is 4.68 Å². The summed E-state index contributed by atoms with van der Waals surface area (Å²) in [4.78, 5) is 0. The van der Waals surface area contributed by atoms with E-state index in [-0.39, 0.29) is 0 Å². The molecule has 0 spiro atoms. The van der Waals surface area contributed by atoms with E-state index in [0.29, 0.717) is 12.1 Å². The maximum absolute atomic E-state index is 4.51. The molecule has 0 bridgehead atoms. The Hall–Kier alpha value is -0.350. The quantitative estimate of drug-likeness (QED) is 0.865. The Morgan fingerprint density at radius 2 is 2.05 bits per heavy atom. The number of halogens is 1. The van der Waals surface area contributed by atoms with Crippen LogP contribution in [0.5, 0.6) is 0 Å². The Kier molecular flexibility index (Phi) is 5.46. The van der Waals surface area contributed by atoms with Gasteiger partial charge in [-0.15, -0.1) is 0 Å². The molecule has 1 aromatic rings. The van der Waals surface area contributed by atoms with Crippen molar-refractivity contribution >= 4 is 15.9 Å². The number of aromatic nitrogens is 2. The third-order valence-corrected chi connectivity index (χ3v) is 4.86. The van der Waals surface area contributed by atoms with Crippen molar-refractivity contribution in [1.29, 1.82) is 0 Å². The van der Waals surface area contributed by atoms with Crippen molar-refractivity contribution in [2.75, 3.05) is 7.05 Å². The van der Waals surface area contributed by atoms with Gasteiger partial charge in [0.1, 0.15) is 0 Å². The highest BCUT2D eigenvalue weighted by atomic mass is 79.9. The van der Waals surface area contributed by atoms with E-state index >= 15 is 0 Å². The minimum absolute atomic E-state index is 0.405. The van der Waals surface area contributed by atoms with Crippen LogP contribution in [0.2, 0.25) is 0 Å². The first kappa shape index (κ1) is 15.0. The van der Waals surface area contributed by atoms with E-state index in [9.17, 15) is 0 Å². The van der Waals surface area contributed by atoms with Crippen LogP contribution in [0.15, 0.2) is 10.7 Å². The summed E-state index contributed by atoms with van der Waals surface area (Å²) in [5.74, 6) is 0.869. The maximum atomic E-state index is 4.51. The molecule has 1 heterocycles. The third-order valence-electron chi connectivity index (χ3n) is 4.25. The molecule has 0 saturated heterocycles. The Balaban J connectivity index is 2.14. The van der Waals surface area contributed by atoms with E-state index in [4.69, 9.17) is 0 Å². The lowest BCUT2D eigenvalue weighted by Gasteiger charge is -2.27. The number of hydrogen-bond donors (Lipinski definition) is 1. The highest BCUT2D eigenvalue weighted by Gasteiger charge is 2.24. The van der Waals surface area contributed by atoms with Gasteiger partial charge in [-0.1, -0.05) is 32.1 Å². The average molecular weight is 328 g/mol. The fourth-order valence-corrected chi connectivity index (χ4v) is 3.76. The zero-order chi connectivity index (χ0) is 13.8. The Bertz CT molecular complexity index is 394. The molecule has 0 amide bonds. The van der Waals surface area contributed by atoms with E-state index in [1.54, 1.807) is 0 Å². The monoisotopic (exact) mass is 327 g/mol. The van der Waals surface area contributed by atoms with Crippen molar-refractivity contribution in [3.63, 3.8) is 0 Å². The van der Waals surface area contributed by atoms with Gasteiger partial charge in [-0.25, -0.2) is 0 Å². The maximum Gasteiger partial charge on any atom is 0.0698 e. The lowest BCUT2D eigenvalue weighted by atomic mass is 9.84. The Morgan fingerprint density at radius 1 is 1.37 bits per heavy atom. The van der Waals surface area contributed by atoms with Crippen LogP contribution in [0.4, 0.5) is 0 Å². The number of rotatable bonds is 5. The number of nitrogens with zero attached hydrogens (tertiary/aromatic N) is 2. The van der Waals surface area contributed by atoms with Crippen LogP contribution in [-0.2, 0) is 0 Å². The fraction of sp³-hybridized carbons (Fsp3) is 0.800. The minimum atomic E-state index is 0.405. The summed E-state index contributed by atoms with van der Waals surface area (Å²) in [5.41, 5.74) is 1.31. The summed E-state index contributed by atoms with van der Waals surface area (Å²) in [7, 11) is 2.07. The van der Waals surface area contributed by atoms with Crippen molar-refractivity contribution in [3.05, 3.63) is 16.4 Å². The summed E-state index contributed by atoms with van der Waals surface area (Å²) in [6.45, 7) is 4.38. The molecule has 108 valence electrons. The molecule has 1 aliphatic rings. The van der Waals surface area contributed by atoms with E-state index < -0.39 is 0 Å². The first-order valence-electron chi connectivity index (χ1n) is 7.53. The molecule has 4 heteroatoms. The highest BCUT2D eigenvalue weighted by molar-refractivity contribution is 9.10. The molecule has 1 saturated carbocycles. The molecule has 1 fully saturated rings. The third kappa shape index (κ3) is 3.60. The fourth-order valence-electron chi connectivity index (χ4n) is 3.21. The topological polar surface area (TPSA) is 29.9 Å². The van der Waals surface area contributed by atoms with Gasteiger partial charge in [0, 0.05) is 6.04 Å². The summed E-state index contributed by atoms with van der Waals surface area (Å²) >= 11 is 3.67. The van der Waals surface area contributed by atoms with Crippen LogP contribution in [0.1, 0.15) is 70.2 Å². The van der Waals surface area contributed by atoms with Gasteiger partial charge < -0.3 is 5.32 Å². The molecular formula is C15H26BrN3. The van der Waals surface area contributed by atoms with Crippen LogP contribution >= 0.6 is 15.9 Å². The molecule has 1 aliphatic carbocycles. The van der Waals surface area contributed by atoms with Crippen LogP contribution < -0.4 is 5.32 Å². The highest BCUT2D eigenvalue weighted by Crippen LogP contribution is 2.34. The molecular weight excluding hydrogens is 302 g/mol. The average Bonchev–Trinajstić information content (AvgIpc) is 2.79. The SMILES string of the molecule is CNC(CC1CCCCC1)c1c(Br)cnn1C(C)C. The molecule has 3 nitrogen and oxygen atoms in total. The molecule has 0 aromatic carbocycles. The molecule has 2 rings (SSSR count). The zero-order valence-electron chi connectivity index (χ0n) is 12.3. The van der Waals surface area contributed by atoms with Gasteiger partial charge in [0.25, 0.3) is 0 Å². The summed E-state index contributed by atoms with van der Waals surface area (Å²) < 4.78 is 3.28. The van der Waals surface area contributed by atoms with Gasteiger partial charge in [0.2, 0.25) is 0 Å².